The molecule has 1 aromatic heterocycles. The number of nitrogens with one attached hydrogen (secondary N) is 2. The minimum Gasteiger partial charge on any atom is -0.380 e. The maximum atomic E-state index is 5.27. The lowest BCUT2D eigenvalue weighted by Crippen LogP contribution is -2.38. The molecule has 0 radical (unpaired) electrons. The Kier molecular flexibility index (Phi) is 12.9. The Morgan fingerprint density at radius 3 is 2.75 bits per heavy atom. The fourth-order valence-electron chi connectivity index (χ4n) is 1.50. The standard InChI is InChI=1S/C13H22BrN3OS.HI/c1-3-15-13(17-9-10-18-4-2)16-8-7-11-5-6-12(14)19-11;/h5-6H,3-4,7-10H2,1-2H3,(H2,15,16,17);1H. The highest BCUT2D eigenvalue weighted by atomic mass is 127. The van der Waals surface area contributed by atoms with Gasteiger partial charge in [-0.05, 0) is 48.3 Å². The van der Waals surface area contributed by atoms with Crippen LogP contribution in [0.5, 0.6) is 0 Å². The van der Waals surface area contributed by atoms with Crippen molar-refractivity contribution in [3.8, 4) is 0 Å². The SMILES string of the molecule is CCNC(=NCCOCC)NCCc1ccc(Br)s1.I. The molecule has 0 fully saturated rings. The molecule has 0 spiro atoms. The van der Waals surface area contributed by atoms with Crippen LogP contribution in [0.1, 0.15) is 18.7 Å². The van der Waals surface area contributed by atoms with Gasteiger partial charge in [0, 0.05) is 24.6 Å². The van der Waals surface area contributed by atoms with Crippen molar-refractivity contribution in [3.63, 3.8) is 0 Å². The quantitative estimate of drug-likeness (QED) is 0.262. The number of ether oxygens (including phenoxy) is 1. The molecule has 116 valence electrons. The van der Waals surface area contributed by atoms with Crippen LogP contribution < -0.4 is 10.6 Å². The number of hydrogen-bond acceptors (Lipinski definition) is 3. The van der Waals surface area contributed by atoms with Crippen LogP contribution in [0.2, 0.25) is 0 Å². The molecule has 7 heteroatoms. The Balaban J connectivity index is 0.00000361. The van der Waals surface area contributed by atoms with Gasteiger partial charge in [0.25, 0.3) is 0 Å². The van der Waals surface area contributed by atoms with Gasteiger partial charge in [-0.15, -0.1) is 35.3 Å². The largest absolute Gasteiger partial charge is 0.380 e. The summed E-state index contributed by atoms with van der Waals surface area (Å²) >= 11 is 5.25. The summed E-state index contributed by atoms with van der Waals surface area (Å²) in [5.41, 5.74) is 0. The van der Waals surface area contributed by atoms with Gasteiger partial charge >= 0.3 is 0 Å². The first-order chi connectivity index (χ1) is 9.26. The Labute approximate surface area is 150 Å². The van der Waals surface area contributed by atoms with E-state index in [0.717, 1.165) is 32.1 Å². The van der Waals surface area contributed by atoms with Gasteiger partial charge in [-0.25, -0.2) is 0 Å². The van der Waals surface area contributed by atoms with Crippen molar-refractivity contribution >= 4 is 57.2 Å². The molecule has 0 aliphatic rings. The zero-order chi connectivity index (χ0) is 13.9. The molecule has 0 amide bonds. The molecule has 1 heterocycles. The minimum absolute atomic E-state index is 0. The van der Waals surface area contributed by atoms with E-state index in [4.69, 9.17) is 4.74 Å². The van der Waals surface area contributed by atoms with Crippen molar-refractivity contribution in [1.82, 2.24) is 10.6 Å². The molecular formula is C13H23BrIN3OS. The predicted molar refractivity (Wildman–Crippen MR) is 102 cm³/mol. The summed E-state index contributed by atoms with van der Waals surface area (Å²) in [4.78, 5) is 5.82. The lowest BCUT2D eigenvalue weighted by Gasteiger charge is -2.10. The molecule has 1 rings (SSSR count). The van der Waals surface area contributed by atoms with Crippen LogP contribution in [0.25, 0.3) is 0 Å². The van der Waals surface area contributed by atoms with Crippen LogP contribution in [0, 0.1) is 0 Å². The first kappa shape index (κ1) is 20.1. The topological polar surface area (TPSA) is 45.7 Å². The molecular weight excluding hydrogens is 453 g/mol. The number of rotatable bonds is 8. The molecule has 0 aromatic carbocycles. The highest BCUT2D eigenvalue weighted by Crippen LogP contribution is 2.21. The summed E-state index contributed by atoms with van der Waals surface area (Å²) in [6.45, 7) is 7.91. The molecule has 0 bridgehead atoms. The van der Waals surface area contributed by atoms with E-state index in [2.05, 4.69) is 50.6 Å². The van der Waals surface area contributed by atoms with Gasteiger partial charge in [-0.2, -0.15) is 0 Å². The van der Waals surface area contributed by atoms with Gasteiger partial charge in [-0.1, -0.05) is 0 Å². The zero-order valence-corrected chi connectivity index (χ0v) is 16.7. The number of thiophene rings is 1. The molecule has 0 aliphatic heterocycles. The van der Waals surface area contributed by atoms with E-state index in [9.17, 15) is 0 Å². The van der Waals surface area contributed by atoms with Gasteiger partial charge in [0.1, 0.15) is 0 Å². The van der Waals surface area contributed by atoms with Crippen molar-refractivity contribution in [2.24, 2.45) is 4.99 Å². The fraction of sp³-hybridized carbons (Fsp3) is 0.615. The molecule has 20 heavy (non-hydrogen) atoms. The van der Waals surface area contributed by atoms with E-state index < -0.39 is 0 Å². The zero-order valence-electron chi connectivity index (χ0n) is 11.9. The number of halogens is 2. The summed E-state index contributed by atoms with van der Waals surface area (Å²) in [7, 11) is 0. The van der Waals surface area contributed by atoms with Gasteiger partial charge in [-0.3, -0.25) is 4.99 Å². The Morgan fingerprint density at radius 2 is 2.15 bits per heavy atom. The second-order valence-corrected chi connectivity index (χ2v) is 6.39. The first-order valence-electron chi connectivity index (χ1n) is 6.60. The fourth-order valence-corrected chi connectivity index (χ4v) is 2.98. The van der Waals surface area contributed by atoms with E-state index in [0.29, 0.717) is 13.2 Å². The normalized spacial score (nSPS) is 11.1. The van der Waals surface area contributed by atoms with Crippen molar-refractivity contribution in [2.45, 2.75) is 20.3 Å². The Hall–Kier alpha value is 0.140. The summed E-state index contributed by atoms with van der Waals surface area (Å²) in [6, 6.07) is 4.23. The second-order valence-electron chi connectivity index (χ2n) is 3.84. The van der Waals surface area contributed by atoms with E-state index in [1.807, 2.05) is 6.92 Å². The van der Waals surface area contributed by atoms with Crippen LogP contribution in [0.3, 0.4) is 0 Å². The van der Waals surface area contributed by atoms with Crippen LogP contribution in [0.15, 0.2) is 20.9 Å². The molecule has 0 saturated heterocycles. The van der Waals surface area contributed by atoms with Crippen molar-refractivity contribution in [3.05, 3.63) is 20.8 Å². The monoisotopic (exact) mass is 475 g/mol. The Morgan fingerprint density at radius 1 is 1.35 bits per heavy atom. The van der Waals surface area contributed by atoms with Crippen molar-refractivity contribution in [1.29, 1.82) is 0 Å². The van der Waals surface area contributed by atoms with E-state index in [1.165, 1.54) is 8.66 Å². The summed E-state index contributed by atoms with van der Waals surface area (Å²) in [5, 5.41) is 6.56. The molecule has 0 aliphatic carbocycles. The van der Waals surface area contributed by atoms with E-state index >= 15 is 0 Å². The van der Waals surface area contributed by atoms with Crippen LogP contribution in [-0.4, -0.2) is 38.8 Å². The second kappa shape index (κ2) is 12.8. The molecule has 1 aromatic rings. The molecule has 0 saturated carbocycles. The van der Waals surface area contributed by atoms with Gasteiger partial charge in [0.2, 0.25) is 0 Å². The number of guanidine groups is 1. The third kappa shape index (κ3) is 9.15. The third-order valence-electron chi connectivity index (χ3n) is 2.35. The highest BCUT2D eigenvalue weighted by Gasteiger charge is 1.99. The highest BCUT2D eigenvalue weighted by molar-refractivity contribution is 14.0. The van der Waals surface area contributed by atoms with E-state index in [1.54, 1.807) is 11.3 Å². The number of aliphatic imine (C=N–C) groups is 1. The summed E-state index contributed by atoms with van der Waals surface area (Å²) in [5.74, 6) is 0.859. The molecule has 2 N–H and O–H groups in total. The number of nitrogens with zero attached hydrogens (tertiary/aromatic N) is 1. The van der Waals surface area contributed by atoms with Gasteiger partial charge in [0.15, 0.2) is 5.96 Å². The van der Waals surface area contributed by atoms with Crippen molar-refractivity contribution < 1.29 is 4.74 Å². The van der Waals surface area contributed by atoms with Gasteiger partial charge in [0.05, 0.1) is 16.9 Å². The third-order valence-corrected chi connectivity index (χ3v) is 4.03. The smallest absolute Gasteiger partial charge is 0.191 e. The lowest BCUT2D eigenvalue weighted by molar-refractivity contribution is 0.155. The maximum Gasteiger partial charge on any atom is 0.191 e. The maximum absolute atomic E-state index is 5.27. The summed E-state index contributed by atoms with van der Waals surface area (Å²) in [6.07, 6.45) is 1.01. The average molecular weight is 476 g/mol. The molecule has 4 nitrogen and oxygen atoms in total. The number of hydrogen-bond donors (Lipinski definition) is 2. The lowest BCUT2D eigenvalue weighted by atomic mass is 10.3. The van der Waals surface area contributed by atoms with Crippen LogP contribution in [0.4, 0.5) is 0 Å². The molecule has 0 atom stereocenters. The van der Waals surface area contributed by atoms with Crippen LogP contribution >= 0.6 is 51.2 Å². The minimum atomic E-state index is 0. The van der Waals surface area contributed by atoms with E-state index in [-0.39, 0.29) is 24.0 Å². The molecule has 0 unspecified atom stereocenters. The van der Waals surface area contributed by atoms with Crippen molar-refractivity contribution in [2.75, 3.05) is 32.8 Å². The predicted octanol–water partition coefficient (Wildman–Crippen LogP) is 3.26. The Bertz CT molecular complexity index is 387. The average Bonchev–Trinajstić information content (AvgIpc) is 2.80. The first-order valence-corrected chi connectivity index (χ1v) is 8.21. The summed E-state index contributed by atoms with van der Waals surface area (Å²) < 4.78 is 6.45. The van der Waals surface area contributed by atoms with Gasteiger partial charge < -0.3 is 15.4 Å². The van der Waals surface area contributed by atoms with Crippen LogP contribution in [-0.2, 0) is 11.2 Å².